The van der Waals surface area contributed by atoms with E-state index in [2.05, 4.69) is 5.32 Å². The van der Waals surface area contributed by atoms with E-state index in [0.717, 1.165) is 11.3 Å². The Morgan fingerprint density at radius 3 is 3.06 bits per heavy atom. The van der Waals surface area contributed by atoms with Crippen LogP contribution in [0.4, 0.5) is 0 Å². The average molecular weight is 233 g/mol. The predicted octanol–water partition coefficient (Wildman–Crippen LogP) is 1.22. The summed E-state index contributed by atoms with van der Waals surface area (Å²) in [5, 5.41) is 2.97. The quantitative estimate of drug-likeness (QED) is 0.794. The molecule has 4 nitrogen and oxygen atoms in total. The molecule has 0 spiro atoms. The average Bonchev–Trinajstić information content (AvgIpc) is 2.90. The third-order valence-electron chi connectivity index (χ3n) is 2.63. The van der Waals surface area contributed by atoms with Gasteiger partial charge < -0.3 is 9.47 Å². The summed E-state index contributed by atoms with van der Waals surface area (Å²) in [6.07, 6.45) is 3.32. The Morgan fingerprint density at radius 1 is 1.53 bits per heavy atom. The van der Waals surface area contributed by atoms with Crippen LogP contribution in [0.3, 0.4) is 0 Å². The lowest BCUT2D eigenvalue weighted by Gasteiger charge is -2.04. The fraction of sp³-hybridized carbons (Fsp3) is 0.308. The van der Waals surface area contributed by atoms with Crippen molar-refractivity contribution in [1.29, 1.82) is 0 Å². The minimum Gasteiger partial charge on any atom is -0.496 e. The van der Waals surface area contributed by atoms with Crippen LogP contribution in [-0.2, 0) is 9.53 Å². The van der Waals surface area contributed by atoms with E-state index in [1.807, 2.05) is 24.3 Å². The van der Waals surface area contributed by atoms with Crippen LogP contribution in [-0.4, -0.2) is 32.3 Å². The zero-order chi connectivity index (χ0) is 12.1. The van der Waals surface area contributed by atoms with Gasteiger partial charge in [-0.3, -0.25) is 10.1 Å². The van der Waals surface area contributed by atoms with Crippen molar-refractivity contribution >= 4 is 11.9 Å². The summed E-state index contributed by atoms with van der Waals surface area (Å²) in [4.78, 5) is 11.7. The second-order valence-electron chi connectivity index (χ2n) is 3.75. The zero-order valence-electron chi connectivity index (χ0n) is 9.68. The molecule has 0 aromatic heterocycles. The van der Waals surface area contributed by atoms with Crippen molar-refractivity contribution in [2.24, 2.45) is 0 Å². The monoisotopic (exact) mass is 233 g/mol. The maximum Gasteiger partial charge on any atom is 0.175 e. The summed E-state index contributed by atoms with van der Waals surface area (Å²) < 4.78 is 10.3. The zero-order valence-corrected chi connectivity index (χ0v) is 9.68. The highest BCUT2D eigenvalue weighted by atomic mass is 16.5. The van der Waals surface area contributed by atoms with E-state index >= 15 is 0 Å². The molecule has 1 aromatic rings. The van der Waals surface area contributed by atoms with Gasteiger partial charge in [0.1, 0.15) is 5.75 Å². The van der Waals surface area contributed by atoms with E-state index in [-0.39, 0.29) is 11.8 Å². The number of rotatable bonds is 4. The third-order valence-corrected chi connectivity index (χ3v) is 2.63. The third kappa shape index (κ3) is 2.93. The minimum atomic E-state index is -0.221. The Hall–Kier alpha value is -1.65. The van der Waals surface area contributed by atoms with Crippen molar-refractivity contribution in [2.45, 2.75) is 6.04 Å². The van der Waals surface area contributed by atoms with E-state index in [0.29, 0.717) is 13.3 Å². The molecule has 1 N–H and O–H groups in total. The van der Waals surface area contributed by atoms with Crippen LogP contribution >= 0.6 is 0 Å². The van der Waals surface area contributed by atoms with Gasteiger partial charge in [0.15, 0.2) is 5.78 Å². The van der Waals surface area contributed by atoms with Crippen LogP contribution in [0.1, 0.15) is 5.56 Å². The van der Waals surface area contributed by atoms with Crippen molar-refractivity contribution in [1.82, 2.24) is 5.32 Å². The lowest BCUT2D eigenvalue weighted by Crippen LogP contribution is -2.31. The van der Waals surface area contributed by atoms with Crippen LogP contribution in [0.5, 0.6) is 5.75 Å². The molecule has 1 fully saturated rings. The van der Waals surface area contributed by atoms with E-state index in [4.69, 9.17) is 9.47 Å². The highest BCUT2D eigenvalue weighted by Gasteiger charge is 2.20. The molecular weight excluding hydrogens is 218 g/mol. The molecule has 4 heteroatoms. The van der Waals surface area contributed by atoms with Gasteiger partial charge >= 0.3 is 0 Å². The topological polar surface area (TPSA) is 47.6 Å². The number of methoxy groups -OCH3 is 1. The number of ketones is 1. The molecule has 2 rings (SSSR count). The summed E-state index contributed by atoms with van der Waals surface area (Å²) in [6.45, 7) is 0.883. The molecule has 0 amide bonds. The first-order chi connectivity index (χ1) is 8.31. The molecule has 0 aliphatic carbocycles. The van der Waals surface area contributed by atoms with Gasteiger partial charge in [0.25, 0.3) is 0 Å². The first-order valence-electron chi connectivity index (χ1n) is 5.47. The van der Waals surface area contributed by atoms with Gasteiger partial charge in [-0.2, -0.15) is 0 Å². The first-order valence-corrected chi connectivity index (χ1v) is 5.47. The fourth-order valence-electron chi connectivity index (χ4n) is 1.67. The van der Waals surface area contributed by atoms with Gasteiger partial charge in [-0.25, -0.2) is 0 Å². The van der Waals surface area contributed by atoms with Gasteiger partial charge in [0.05, 0.1) is 26.5 Å². The molecule has 1 heterocycles. The number of nitrogens with one attached hydrogen (secondary N) is 1. The van der Waals surface area contributed by atoms with E-state index < -0.39 is 0 Å². The van der Waals surface area contributed by atoms with Crippen molar-refractivity contribution in [2.75, 3.05) is 20.4 Å². The number of hydrogen-bond donors (Lipinski definition) is 1. The van der Waals surface area contributed by atoms with E-state index in [1.54, 1.807) is 19.3 Å². The molecule has 0 radical (unpaired) electrons. The Balaban J connectivity index is 2.06. The number of ether oxygens (including phenoxy) is 2. The maximum absolute atomic E-state index is 11.7. The molecule has 17 heavy (non-hydrogen) atoms. The highest BCUT2D eigenvalue weighted by molar-refractivity contribution is 5.98. The molecule has 90 valence electrons. The molecule has 1 aromatic carbocycles. The SMILES string of the molecule is COc1ccccc1/C=C/C(=O)C1COCN1. The minimum absolute atomic E-state index is 0.0217. The van der Waals surface area contributed by atoms with Crippen molar-refractivity contribution in [3.8, 4) is 5.75 Å². The van der Waals surface area contributed by atoms with Gasteiger partial charge in [-0.1, -0.05) is 18.2 Å². The first kappa shape index (κ1) is 11.8. The Kier molecular flexibility index (Phi) is 3.90. The summed E-state index contributed by atoms with van der Waals surface area (Å²) in [5.74, 6) is 0.778. The fourth-order valence-corrected chi connectivity index (χ4v) is 1.67. The number of hydrogen-bond acceptors (Lipinski definition) is 4. The number of para-hydroxylation sites is 1. The maximum atomic E-state index is 11.7. The standard InChI is InChI=1S/C13H15NO3/c1-16-13-5-3-2-4-10(13)6-7-12(15)11-8-17-9-14-11/h2-7,11,14H,8-9H2,1H3/b7-6+. The highest BCUT2D eigenvalue weighted by Crippen LogP contribution is 2.18. The van der Waals surface area contributed by atoms with E-state index in [9.17, 15) is 4.79 Å². The summed E-state index contributed by atoms with van der Waals surface area (Å²) >= 11 is 0. The molecule has 1 unspecified atom stereocenters. The largest absolute Gasteiger partial charge is 0.496 e. The van der Waals surface area contributed by atoms with Crippen LogP contribution in [0.25, 0.3) is 6.08 Å². The Morgan fingerprint density at radius 2 is 2.35 bits per heavy atom. The molecular formula is C13H15NO3. The van der Waals surface area contributed by atoms with Gasteiger partial charge in [-0.05, 0) is 18.2 Å². The van der Waals surface area contributed by atoms with Crippen LogP contribution in [0.2, 0.25) is 0 Å². The van der Waals surface area contributed by atoms with Gasteiger partial charge in [-0.15, -0.1) is 0 Å². The molecule has 1 aliphatic heterocycles. The van der Waals surface area contributed by atoms with Crippen LogP contribution in [0, 0.1) is 0 Å². The van der Waals surface area contributed by atoms with Crippen LogP contribution < -0.4 is 10.1 Å². The summed E-state index contributed by atoms with van der Waals surface area (Å²) in [6, 6.07) is 7.34. The van der Waals surface area contributed by atoms with E-state index in [1.165, 1.54) is 0 Å². The smallest absolute Gasteiger partial charge is 0.175 e. The lowest BCUT2D eigenvalue weighted by atomic mass is 10.1. The molecule has 0 bridgehead atoms. The van der Waals surface area contributed by atoms with Crippen molar-refractivity contribution < 1.29 is 14.3 Å². The summed E-state index contributed by atoms with van der Waals surface area (Å²) in [7, 11) is 1.61. The molecule has 0 saturated carbocycles. The normalized spacial score (nSPS) is 19.7. The van der Waals surface area contributed by atoms with Crippen molar-refractivity contribution in [3.63, 3.8) is 0 Å². The second kappa shape index (κ2) is 5.61. The van der Waals surface area contributed by atoms with Gasteiger partial charge in [0, 0.05) is 5.56 Å². The molecule has 1 saturated heterocycles. The van der Waals surface area contributed by atoms with Crippen LogP contribution in [0.15, 0.2) is 30.3 Å². The molecule has 1 aliphatic rings. The number of carbonyl (C=O) groups is 1. The number of carbonyl (C=O) groups excluding carboxylic acids is 1. The molecule has 1 atom stereocenters. The Labute approximate surface area is 100 Å². The lowest BCUT2D eigenvalue weighted by molar-refractivity contribution is -0.116. The van der Waals surface area contributed by atoms with Crippen molar-refractivity contribution in [3.05, 3.63) is 35.9 Å². The second-order valence-corrected chi connectivity index (χ2v) is 3.75. The van der Waals surface area contributed by atoms with Gasteiger partial charge in [0.2, 0.25) is 0 Å². The predicted molar refractivity (Wildman–Crippen MR) is 64.8 cm³/mol. The summed E-state index contributed by atoms with van der Waals surface area (Å²) in [5.41, 5.74) is 0.891. The Bertz CT molecular complexity index is 422. The number of benzene rings is 1.